The van der Waals surface area contributed by atoms with Gasteiger partial charge in [0, 0.05) is 5.56 Å². The lowest BCUT2D eigenvalue weighted by atomic mass is 10.1. The average molecular weight is 170 g/mol. The Bertz CT molecular complexity index is 418. The summed E-state index contributed by atoms with van der Waals surface area (Å²) in [6, 6.07) is 11.9. The summed E-state index contributed by atoms with van der Waals surface area (Å²) in [5.74, 6) is 0. The SMILES string of the molecule is Cc1cc2cccccc-2c1C=O. The molecule has 0 spiro atoms. The molecule has 0 aromatic heterocycles. The van der Waals surface area contributed by atoms with Crippen LogP contribution in [0.2, 0.25) is 0 Å². The normalized spacial score (nSPS) is 10.2. The van der Waals surface area contributed by atoms with E-state index in [0.29, 0.717) is 0 Å². The van der Waals surface area contributed by atoms with Crippen LogP contribution in [0, 0.1) is 6.92 Å². The Labute approximate surface area is 77.4 Å². The molecule has 0 heterocycles. The number of hydrogen-bond acceptors (Lipinski definition) is 1. The van der Waals surface area contributed by atoms with Crippen molar-refractivity contribution in [3.05, 3.63) is 47.5 Å². The molecule has 1 heteroatoms. The van der Waals surface area contributed by atoms with E-state index in [1.807, 2.05) is 43.3 Å². The van der Waals surface area contributed by atoms with Crippen LogP contribution in [0.3, 0.4) is 0 Å². The van der Waals surface area contributed by atoms with Gasteiger partial charge in [-0.15, -0.1) is 0 Å². The Kier molecular flexibility index (Phi) is 1.85. The Morgan fingerprint density at radius 2 is 1.92 bits per heavy atom. The lowest BCUT2D eigenvalue weighted by Crippen LogP contribution is -1.79. The lowest BCUT2D eigenvalue weighted by Gasteiger charge is -1.92. The largest absolute Gasteiger partial charge is 0.298 e. The van der Waals surface area contributed by atoms with E-state index in [0.717, 1.165) is 28.5 Å². The van der Waals surface area contributed by atoms with Gasteiger partial charge in [-0.2, -0.15) is 0 Å². The van der Waals surface area contributed by atoms with E-state index in [4.69, 9.17) is 0 Å². The van der Waals surface area contributed by atoms with Crippen LogP contribution < -0.4 is 0 Å². The van der Waals surface area contributed by atoms with Gasteiger partial charge >= 0.3 is 0 Å². The molecular weight excluding hydrogens is 160 g/mol. The highest BCUT2D eigenvalue weighted by molar-refractivity contribution is 5.92. The number of rotatable bonds is 1. The lowest BCUT2D eigenvalue weighted by molar-refractivity contribution is 0.112. The summed E-state index contributed by atoms with van der Waals surface area (Å²) in [7, 11) is 0. The monoisotopic (exact) mass is 170 g/mol. The number of aldehydes is 1. The molecule has 0 unspecified atom stereocenters. The first kappa shape index (κ1) is 7.99. The molecule has 0 fully saturated rings. The van der Waals surface area contributed by atoms with Gasteiger partial charge in [-0.1, -0.05) is 36.4 Å². The zero-order valence-electron chi connectivity index (χ0n) is 7.45. The second kappa shape index (κ2) is 3.02. The predicted octanol–water partition coefficient (Wildman–Crippen LogP) is 2.91. The zero-order valence-corrected chi connectivity index (χ0v) is 7.45. The summed E-state index contributed by atoms with van der Waals surface area (Å²) in [4.78, 5) is 10.8. The van der Waals surface area contributed by atoms with Gasteiger partial charge < -0.3 is 0 Å². The molecule has 2 rings (SSSR count). The van der Waals surface area contributed by atoms with Crippen molar-refractivity contribution in [3.63, 3.8) is 0 Å². The highest BCUT2D eigenvalue weighted by Gasteiger charge is 2.10. The molecule has 1 nitrogen and oxygen atoms in total. The maximum absolute atomic E-state index is 10.8. The van der Waals surface area contributed by atoms with Crippen LogP contribution >= 0.6 is 0 Å². The van der Waals surface area contributed by atoms with E-state index in [2.05, 4.69) is 0 Å². The summed E-state index contributed by atoms with van der Waals surface area (Å²) < 4.78 is 0. The molecule has 0 aromatic rings. The van der Waals surface area contributed by atoms with Gasteiger partial charge in [-0.25, -0.2) is 0 Å². The van der Waals surface area contributed by atoms with Crippen molar-refractivity contribution in [1.29, 1.82) is 0 Å². The number of carbonyl (C=O) groups excluding carboxylic acids is 1. The van der Waals surface area contributed by atoms with E-state index in [9.17, 15) is 4.79 Å². The summed E-state index contributed by atoms with van der Waals surface area (Å²) in [5.41, 5.74) is 4.03. The van der Waals surface area contributed by atoms with Gasteiger partial charge in [-0.3, -0.25) is 4.79 Å². The fourth-order valence-corrected chi connectivity index (χ4v) is 1.61. The quantitative estimate of drug-likeness (QED) is 0.601. The van der Waals surface area contributed by atoms with Crippen molar-refractivity contribution in [2.75, 3.05) is 0 Å². The Balaban J connectivity index is 2.79. The minimum Gasteiger partial charge on any atom is -0.298 e. The molecule has 0 radical (unpaired) electrons. The number of carbonyl (C=O) groups is 1. The maximum Gasteiger partial charge on any atom is 0.150 e. The topological polar surface area (TPSA) is 17.1 Å². The van der Waals surface area contributed by atoms with Crippen molar-refractivity contribution in [1.82, 2.24) is 0 Å². The smallest absolute Gasteiger partial charge is 0.150 e. The Hall–Kier alpha value is -1.63. The Morgan fingerprint density at radius 1 is 1.15 bits per heavy atom. The third-order valence-corrected chi connectivity index (χ3v) is 2.28. The average Bonchev–Trinajstić information content (AvgIpc) is 2.32. The van der Waals surface area contributed by atoms with E-state index in [1.165, 1.54) is 0 Å². The van der Waals surface area contributed by atoms with E-state index in [-0.39, 0.29) is 0 Å². The molecule has 0 saturated heterocycles. The van der Waals surface area contributed by atoms with E-state index >= 15 is 0 Å². The molecule has 64 valence electrons. The molecule has 0 atom stereocenters. The van der Waals surface area contributed by atoms with Gasteiger partial charge in [0.15, 0.2) is 6.29 Å². The van der Waals surface area contributed by atoms with Crippen LogP contribution in [0.4, 0.5) is 0 Å². The zero-order chi connectivity index (χ0) is 9.26. The summed E-state index contributed by atoms with van der Waals surface area (Å²) >= 11 is 0. The van der Waals surface area contributed by atoms with E-state index < -0.39 is 0 Å². The van der Waals surface area contributed by atoms with Gasteiger partial charge in [0.2, 0.25) is 0 Å². The second-order valence-corrected chi connectivity index (χ2v) is 3.14. The molecule has 0 saturated carbocycles. The molecule has 0 bridgehead atoms. The standard InChI is InChI=1S/C12H10O/c1-9-7-10-5-3-2-4-6-11(10)12(9)8-13/h2-8H,1H3. The molecule has 0 amide bonds. The van der Waals surface area contributed by atoms with Crippen LogP contribution in [0.15, 0.2) is 36.4 Å². The summed E-state index contributed by atoms with van der Waals surface area (Å²) in [6.45, 7) is 1.96. The minimum absolute atomic E-state index is 0.811. The first-order valence-corrected chi connectivity index (χ1v) is 4.26. The van der Waals surface area contributed by atoms with Gasteiger partial charge in [0.25, 0.3) is 0 Å². The van der Waals surface area contributed by atoms with Crippen LogP contribution in [0.5, 0.6) is 0 Å². The van der Waals surface area contributed by atoms with Crippen molar-refractivity contribution in [2.45, 2.75) is 6.92 Å². The number of hydrogen-bond donors (Lipinski definition) is 0. The molecule has 2 aliphatic rings. The molecule has 0 aliphatic heterocycles. The number of fused-ring (bicyclic) bond motifs is 1. The highest BCUT2D eigenvalue weighted by atomic mass is 16.1. The van der Waals surface area contributed by atoms with Crippen molar-refractivity contribution in [2.24, 2.45) is 0 Å². The number of aryl methyl sites for hydroxylation is 1. The van der Waals surface area contributed by atoms with Gasteiger partial charge in [-0.05, 0) is 23.6 Å². The fraction of sp³-hybridized carbons (Fsp3) is 0.0833. The predicted molar refractivity (Wildman–Crippen MR) is 53.2 cm³/mol. The molecule has 0 aromatic carbocycles. The van der Waals surface area contributed by atoms with Gasteiger partial charge in [0.1, 0.15) is 0 Å². The minimum atomic E-state index is 0.811. The van der Waals surface area contributed by atoms with Crippen molar-refractivity contribution >= 4 is 6.29 Å². The van der Waals surface area contributed by atoms with Crippen molar-refractivity contribution in [3.8, 4) is 11.1 Å². The first-order valence-electron chi connectivity index (χ1n) is 4.26. The maximum atomic E-state index is 10.8. The molecule has 2 aliphatic carbocycles. The van der Waals surface area contributed by atoms with Crippen LogP contribution in [0.1, 0.15) is 15.9 Å². The summed E-state index contributed by atoms with van der Waals surface area (Å²) in [6.07, 6.45) is 0.928. The molecule has 13 heavy (non-hydrogen) atoms. The fourth-order valence-electron chi connectivity index (χ4n) is 1.61. The third-order valence-electron chi connectivity index (χ3n) is 2.28. The Morgan fingerprint density at radius 3 is 2.69 bits per heavy atom. The highest BCUT2D eigenvalue weighted by Crippen LogP contribution is 2.28. The third kappa shape index (κ3) is 1.22. The van der Waals surface area contributed by atoms with Crippen LogP contribution in [-0.2, 0) is 0 Å². The van der Waals surface area contributed by atoms with Gasteiger partial charge in [0.05, 0.1) is 0 Å². The molecular formula is C12H10O. The molecule has 0 N–H and O–H groups in total. The van der Waals surface area contributed by atoms with E-state index in [1.54, 1.807) is 0 Å². The van der Waals surface area contributed by atoms with Crippen LogP contribution in [0.25, 0.3) is 11.1 Å². The second-order valence-electron chi connectivity index (χ2n) is 3.14. The first-order chi connectivity index (χ1) is 6.33. The summed E-state index contributed by atoms with van der Waals surface area (Å²) in [5, 5.41) is 0. The van der Waals surface area contributed by atoms with Crippen LogP contribution in [-0.4, -0.2) is 6.29 Å². The van der Waals surface area contributed by atoms with Crippen molar-refractivity contribution < 1.29 is 4.79 Å².